The van der Waals surface area contributed by atoms with Crippen molar-refractivity contribution < 1.29 is 19.2 Å². The van der Waals surface area contributed by atoms with E-state index in [1.807, 2.05) is 17.5 Å². The van der Waals surface area contributed by atoms with Crippen LogP contribution in [0.25, 0.3) is 10.2 Å². The highest BCUT2D eigenvalue weighted by molar-refractivity contribution is 7.16. The lowest BCUT2D eigenvalue weighted by molar-refractivity contribution is -0.384. The number of hydrogen-bond donors (Lipinski definition) is 0. The summed E-state index contributed by atoms with van der Waals surface area (Å²) in [6, 6.07) is 7.98. The summed E-state index contributed by atoms with van der Waals surface area (Å²) in [5.41, 5.74) is 0.508. The number of nitro benzene ring substituents is 1. The molecule has 0 saturated carbocycles. The largest absolute Gasteiger partial charge is 0.468 e. The number of hydrogen-bond acceptors (Lipinski definition) is 7. The average molecular weight is 391 g/mol. The van der Waals surface area contributed by atoms with Gasteiger partial charge in [-0.1, -0.05) is 17.4 Å². The number of esters is 1. The second-order valence-electron chi connectivity index (χ2n) is 5.22. The molecule has 0 atom stereocenters. The van der Waals surface area contributed by atoms with Crippen molar-refractivity contribution in [3.8, 4) is 0 Å². The fraction of sp³-hybridized carbons (Fsp3) is 0.188. The molecule has 0 N–H and O–H groups in total. The molecule has 0 aliphatic heterocycles. The molecule has 1 amide bonds. The zero-order valence-corrected chi connectivity index (χ0v) is 15.2. The van der Waals surface area contributed by atoms with Crippen LogP contribution in [-0.2, 0) is 27.3 Å². The molecular formula is C16H13N3O5S2. The van der Waals surface area contributed by atoms with E-state index in [2.05, 4.69) is 4.99 Å². The van der Waals surface area contributed by atoms with Gasteiger partial charge in [-0.05, 0) is 17.5 Å². The van der Waals surface area contributed by atoms with Crippen LogP contribution in [0.15, 0.2) is 40.7 Å². The van der Waals surface area contributed by atoms with E-state index in [-0.39, 0.29) is 24.6 Å². The zero-order valence-electron chi connectivity index (χ0n) is 13.6. The van der Waals surface area contributed by atoms with Gasteiger partial charge in [-0.15, -0.1) is 11.3 Å². The van der Waals surface area contributed by atoms with E-state index >= 15 is 0 Å². The Bertz CT molecular complexity index is 1050. The van der Waals surface area contributed by atoms with Crippen molar-refractivity contribution in [3.63, 3.8) is 0 Å². The number of thiazole rings is 1. The number of carbonyl (C=O) groups excluding carboxylic acids is 2. The van der Waals surface area contributed by atoms with Crippen molar-refractivity contribution >= 4 is 50.5 Å². The predicted octanol–water partition coefficient (Wildman–Crippen LogP) is 2.52. The van der Waals surface area contributed by atoms with Crippen LogP contribution in [0.1, 0.15) is 4.88 Å². The molecule has 3 rings (SSSR count). The molecule has 0 saturated heterocycles. The van der Waals surface area contributed by atoms with Crippen LogP contribution in [0.5, 0.6) is 0 Å². The second-order valence-corrected chi connectivity index (χ2v) is 7.26. The van der Waals surface area contributed by atoms with E-state index in [1.165, 1.54) is 41.2 Å². The van der Waals surface area contributed by atoms with Gasteiger partial charge in [0.1, 0.15) is 6.54 Å². The van der Waals surface area contributed by atoms with Crippen molar-refractivity contribution in [2.24, 2.45) is 4.99 Å². The second kappa shape index (κ2) is 7.58. The third kappa shape index (κ3) is 3.86. The maximum Gasteiger partial charge on any atom is 0.325 e. The first-order valence-corrected chi connectivity index (χ1v) is 9.12. The van der Waals surface area contributed by atoms with Crippen LogP contribution >= 0.6 is 22.7 Å². The van der Waals surface area contributed by atoms with Gasteiger partial charge in [0, 0.05) is 17.0 Å². The fourth-order valence-corrected chi connectivity index (χ4v) is 4.09. The van der Waals surface area contributed by atoms with Crippen molar-refractivity contribution in [2.45, 2.75) is 13.0 Å². The molecule has 10 heteroatoms. The molecule has 0 aliphatic carbocycles. The lowest BCUT2D eigenvalue weighted by atomic mass is 10.3. The summed E-state index contributed by atoms with van der Waals surface area (Å²) < 4.78 is 6.78. The van der Waals surface area contributed by atoms with Gasteiger partial charge in [-0.2, -0.15) is 4.99 Å². The molecule has 0 unspecified atom stereocenters. The van der Waals surface area contributed by atoms with Crippen LogP contribution in [0.2, 0.25) is 0 Å². The van der Waals surface area contributed by atoms with E-state index in [4.69, 9.17) is 4.74 Å². The Labute approximate surface area is 155 Å². The Kier molecular flexibility index (Phi) is 5.24. The summed E-state index contributed by atoms with van der Waals surface area (Å²) in [6.45, 7) is -0.139. The standard InChI is InChI=1S/C16H13N3O5S2/c1-24-15(21)9-18-12-5-4-10(19(22)23)7-13(12)26-16(18)17-14(20)8-11-3-2-6-25-11/h2-7H,8-9H2,1H3. The van der Waals surface area contributed by atoms with Crippen molar-refractivity contribution in [2.75, 3.05) is 7.11 Å². The molecule has 0 bridgehead atoms. The monoisotopic (exact) mass is 391 g/mol. The molecule has 1 aromatic carbocycles. The number of rotatable bonds is 5. The van der Waals surface area contributed by atoms with Gasteiger partial charge >= 0.3 is 5.97 Å². The van der Waals surface area contributed by atoms with E-state index in [9.17, 15) is 19.7 Å². The molecule has 8 nitrogen and oxygen atoms in total. The van der Waals surface area contributed by atoms with Crippen LogP contribution in [0, 0.1) is 10.1 Å². The maximum atomic E-state index is 12.2. The smallest absolute Gasteiger partial charge is 0.325 e. The number of benzene rings is 1. The average Bonchev–Trinajstić information content (AvgIpc) is 3.22. The van der Waals surface area contributed by atoms with Gasteiger partial charge in [0.2, 0.25) is 0 Å². The molecule has 26 heavy (non-hydrogen) atoms. The summed E-state index contributed by atoms with van der Waals surface area (Å²) in [4.78, 5) is 39.7. The number of non-ortho nitro benzene ring substituents is 1. The van der Waals surface area contributed by atoms with Gasteiger partial charge < -0.3 is 9.30 Å². The molecule has 2 aromatic heterocycles. The number of thiophene rings is 1. The predicted molar refractivity (Wildman–Crippen MR) is 97.1 cm³/mol. The number of fused-ring (bicyclic) bond motifs is 1. The SMILES string of the molecule is COC(=O)Cn1c(=NC(=O)Cc2cccs2)sc2cc([N+](=O)[O-])ccc21. The van der Waals surface area contributed by atoms with E-state index in [1.54, 1.807) is 0 Å². The van der Waals surface area contributed by atoms with E-state index in [0.29, 0.717) is 15.0 Å². The highest BCUT2D eigenvalue weighted by Crippen LogP contribution is 2.23. The Balaban J connectivity index is 2.07. The molecule has 3 aromatic rings. The minimum absolute atomic E-state index is 0.0690. The summed E-state index contributed by atoms with van der Waals surface area (Å²) >= 11 is 2.57. The highest BCUT2D eigenvalue weighted by atomic mass is 32.1. The first-order chi connectivity index (χ1) is 12.5. The van der Waals surface area contributed by atoms with Gasteiger partial charge in [0.15, 0.2) is 4.80 Å². The van der Waals surface area contributed by atoms with Crippen LogP contribution < -0.4 is 4.80 Å². The van der Waals surface area contributed by atoms with Crippen LogP contribution in [-0.4, -0.2) is 28.5 Å². The Hall–Kier alpha value is -2.85. The Morgan fingerprint density at radius 3 is 2.81 bits per heavy atom. The van der Waals surface area contributed by atoms with Gasteiger partial charge in [-0.3, -0.25) is 19.7 Å². The number of ether oxygens (including phenoxy) is 1. The number of aromatic nitrogens is 1. The molecule has 0 fully saturated rings. The normalized spacial score (nSPS) is 11.7. The molecule has 0 aliphatic rings. The molecule has 2 heterocycles. The van der Waals surface area contributed by atoms with E-state index in [0.717, 1.165) is 16.2 Å². The Morgan fingerprint density at radius 2 is 2.15 bits per heavy atom. The molecule has 134 valence electrons. The number of nitro groups is 1. The number of nitrogens with zero attached hydrogens (tertiary/aromatic N) is 3. The lowest BCUT2D eigenvalue weighted by Crippen LogP contribution is -2.22. The summed E-state index contributed by atoms with van der Waals surface area (Å²) in [6.07, 6.45) is 0.157. The third-order valence-corrected chi connectivity index (χ3v) is 5.44. The quantitative estimate of drug-likeness (QED) is 0.378. The lowest BCUT2D eigenvalue weighted by Gasteiger charge is -2.03. The van der Waals surface area contributed by atoms with Gasteiger partial charge in [-0.25, -0.2) is 0 Å². The fourth-order valence-electron chi connectivity index (χ4n) is 2.32. The minimum atomic E-state index is -0.504. The van der Waals surface area contributed by atoms with Crippen molar-refractivity contribution in [3.05, 3.63) is 55.5 Å². The number of methoxy groups -OCH3 is 1. The van der Waals surface area contributed by atoms with Crippen molar-refractivity contribution in [1.82, 2.24) is 4.57 Å². The highest BCUT2D eigenvalue weighted by Gasteiger charge is 2.15. The molecule has 0 radical (unpaired) electrons. The van der Waals surface area contributed by atoms with Crippen molar-refractivity contribution in [1.29, 1.82) is 0 Å². The minimum Gasteiger partial charge on any atom is -0.468 e. The number of carbonyl (C=O) groups is 2. The van der Waals surface area contributed by atoms with Gasteiger partial charge in [0.05, 0.1) is 28.7 Å². The van der Waals surface area contributed by atoms with E-state index < -0.39 is 10.9 Å². The molecule has 0 spiro atoms. The third-order valence-electron chi connectivity index (χ3n) is 3.52. The first-order valence-electron chi connectivity index (χ1n) is 7.42. The summed E-state index contributed by atoms with van der Waals surface area (Å²) in [5, 5.41) is 12.8. The Morgan fingerprint density at radius 1 is 1.35 bits per heavy atom. The van der Waals surface area contributed by atoms with Crippen LogP contribution in [0.3, 0.4) is 0 Å². The first kappa shape index (κ1) is 18.0. The van der Waals surface area contributed by atoms with Crippen LogP contribution in [0.4, 0.5) is 5.69 Å². The topological polar surface area (TPSA) is 104 Å². The number of amides is 1. The summed E-state index contributed by atoms with van der Waals surface area (Å²) in [5.74, 6) is -0.859. The maximum absolute atomic E-state index is 12.2. The molecular weight excluding hydrogens is 378 g/mol. The van der Waals surface area contributed by atoms with Gasteiger partial charge in [0.25, 0.3) is 11.6 Å². The summed E-state index contributed by atoms with van der Waals surface area (Å²) in [7, 11) is 1.26. The zero-order chi connectivity index (χ0) is 18.7.